The summed E-state index contributed by atoms with van der Waals surface area (Å²) < 4.78 is 25.8. The van der Waals surface area contributed by atoms with E-state index in [1.165, 1.54) is 6.07 Å². The third-order valence-electron chi connectivity index (χ3n) is 3.21. The van der Waals surface area contributed by atoms with Crippen LogP contribution in [0.5, 0.6) is 0 Å². The van der Waals surface area contributed by atoms with Gasteiger partial charge in [0.05, 0.1) is 0 Å². The summed E-state index contributed by atoms with van der Waals surface area (Å²) in [7, 11) is 0. The molecule has 1 aromatic carbocycles. The van der Waals surface area contributed by atoms with Crippen molar-refractivity contribution in [3.63, 3.8) is 0 Å². The highest BCUT2D eigenvalue weighted by molar-refractivity contribution is 5.73. The van der Waals surface area contributed by atoms with Gasteiger partial charge in [-0.25, -0.2) is 8.78 Å². The molecular weight excluding hydrogens is 238 g/mol. The molecule has 1 aromatic rings. The van der Waals surface area contributed by atoms with E-state index < -0.39 is 11.6 Å². The molecule has 3 nitrogen and oxygen atoms in total. The SMILES string of the molecule is CC(=O)N1CCN(Cc2ccc(F)c(F)c2)CC1. The average Bonchev–Trinajstić information content (AvgIpc) is 2.34. The van der Waals surface area contributed by atoms with Gasteiger partial charge in [-0.05, 0) is 17.7 Å². The van der Waals surface area contributed by atoms with Crippen molar-refractivity contribution < 1.29 is 13.6 Å². The topological polar surface area (TPSA) is 23.6 Å². The van der Waals surface area contributed by atoms with Gasteiger partial charge in [-0.1, -0.05) is 6.07 Å². The van der Waals surface area contributed by atoms with E-state index in [0.717, 1.165) is 24.7 Å². The van der Waals surface area contributed by atoms with Gasteiger partial charge in [-0.3, -0.25) is 9.69 Å². The molecular formula is C13H16F2N2O. The van der Waals surface area contributed by atoms with Gasteiger partial charge in [0.2, 0.25) is 5.91 Å². The smallest absolute Gasteiger partial charge is 0.219 e. The van der Waals surface area contributed by atoms with Crippen LogP contribution in [0.25, 0.3) is 0 Å². The summed E-state index contributed by atoms with van der Waals surface area (Å²) in [5.74, 6) is -1.54. The number of piperazine rings is 1. The Morgan fingerprint density at radius 2 is 1.83 bits per heavy atom. The number of amides is 1. The summed E-state index contributed by atoms with van der Waals surface area (Å²) in [6, 6.07) is 3.97. The Morgan fingerprint density at radius 1 is 1.17 bits per heavy atom. The monoisotopic (exact) mass is 254 g/mol. The zero-order chi connectivity index (χ0) is 13.1. The summed E-state index contributed by atoms with van der Waals surface area (Å²) in [6.07, 6.45) is 0. The Balaban J connectivity index is 1.91. The van der Waals surface area contributed by atoms with Gasteiger partial charge < -0.3 is 4.90 Å². The highest BCUT2D eigenvalue weighted by Crippen LogP contribution is 2.12. The third-order valence-corrected chi connectivity index (χ3v) is 3.21. The van der Waals surface area contributed by atoms with Crippen LogP contribution >= 0.6 is 0 Å². The van der Waals surface area contributed by atoms with Crippen LogP contribution in [0, 0.1) is 11.6 Å². The van der Waals surface area contributed by atoms with E-state index in [0.29, 0.717) is 19.6 Å². The number of halogens is 2. The third kappa shape index (κ3) is 3.04. The number of rotatable bonds is 2. The van der Waals surface area contributed by atoms with Gasteiger partial charge >= 0.3 is 0 Å². The molecule has 1 heterocycles. The second-order valence-corrected chi connectivity index (χ2v) is 4.53. The standard InChI is InChI=1S/C13H16F2N2O/c1-10(18)17-6-4-16(5-7-17)9-11-2-3-12(14)13(15)8-11/h2-3,8H,4-7,9H2,1H3. The molecule has 0 radical (unpaired) electrons. The van der Waals surface area contributed by atoms with Gasteiger partial charge in [0, 0.05) is 39.6 Å². The van der Waals surface area contributed by atoms with Crippen molar-refractivity contribution in [3.8, 4) is 0 Å². The maximum atomic E-state index is 13.1. The molecule has 1 fully saturated rings. The average molecular weight is 254 g/mol. The predicted molar refractivity (Wildman–Crippen MR) is 63.9 cm³/mol. The first-order valence-electron chi connectivity index (χ1n) is 5.98. The molecule has 1 amide bonds. The summed E-state index contributed by atoms with van der Waals surface area (Å²) in [5.41, 5.74) is 0.755. The summed E-state index contributed by atoms with van der Waals surface area (Å²) in [4.78, 5) is 15.1. The molecule has 98 valence electrons. The fourth-order valence-corrected chi connectivity index (χ4v) is 2.12. The Bertz CT molecular complexity index is 443. The largest absolute Gasteiger partial charge is 0.340 e. The molecule has 0 aromatic heterocycles. The van der Waals surface area contributed by atoms with Crippen molar-refractivity contribution in [2.24, 2.45) is 0 Å². The molecule has 0 unspecified atom stereocenters. The van der Waals surface area contributed by atoms with Crippen molar-refractivity contribution in [1.82, 2.24) is 9.80 Å². The first-order chi connectivity index (χ1) is 8.56. The molecule has 1 aliphatic rings. The van der Waals surface area contributed by atoms with Crippen molar-refractivity contribution >= 4 is 5.91 Å². The van der Waals surface area contributed by atoms with Crippen molar-refractivity contribution in [2.45, 2.75) is 13.5 Å². The van der Waals surface area contributed by atoms with E-state index in [2.05, 4.69) is 4.90 Å². The van der Waals surface area contributed by atoms with Crippen molar-refractivity contribution in [3.05, 3.63) is 35.4 Å². The van der Waals surface area contributed by atoms with Crippen LogP contribution in [0.1, 0.15) is 12.5 Å². The number of hydrogen-bond acceptors (Lipinski definition) is 2. The molecule has 0 bridgehead atoms. The first-order valence-corrected chi connectivity index (χ1v) is 5.98. The quantitative estimate of drug-likeness (QED) is 0.801. The van der Waals surface area contributed by atoms with Gasteiger partial charge in [-0.15, -0.1) is 0 Å². The lowest BCUT2D eigenvalue weighted by molar-refractivity contribution is -0.130. The molecule has 18 heavy (non-hydrogen) atoms. The normalized spacial score (nSPS) is 16.9. The Kier molecular flexibility index (Phi) is 3.91. The molecule has 5 heteroatoms. The lowest BCUT2D eigenvalue weighted by atomic mass is 10.2. The zero-order valence-corrected chi connectivity index (χ0v) is 10.3. The van der Waals surface area contributed by atoms with Crippen LogP contribution in [0.3, 0.4) is 0 Å². The molecule has 0 N–H and O–H groups in total. The number of carbonyl (C=O) groups is 1. The van der Waals surface area contributed by atoms with Gasteiger partial charge in [-0.2, -0.15) is 0 Å². The summed E-state index contributed by atoms with van der Waals surface area (Å²) >= 11 is 0. The number of carbonyl (C=O) groups excluding carboxylic acids is 1. The summed E-state index contributed by atoms with van der Waals surface area (Å²) in [5, 5.41) is 0. The zero-order valence-electron chi connectivity index (χ0n) is 10.3. The minimum atomic E-state index is -0.819. The molecule has 0 saturated carbocycles. The van der Waals surface area contributed by atoms with E-state index in [4.69, 9.17) is 0 Å². The fraction of sp³-hybridized carbons (Fsp3) is 0.462. The summed E-state index contributed by atoms with van der Waals surface area (Å²) in [6.45, 7) is 5.06. The highest BCUT2D eigenvalue weighted by Gasteiger charge is 2.18. The lowest BCUT2D eigenvalue weighted by Gasteiger charge is -2.34. The van der Waals surface area contributed by atoms with Gasteiger partial charge in [0.1, 0.15) is 0 Å². The molecule has 1 saturated heterocycles. The number of hydrogen-bond donors (Lipinski definition) is 0. The number of nitrogens with zero attached hydrogens (tertiary/aromatic N) is 2. The maximum Gasteiger partial charge on any atom is 0.219 e. The Hall–Kier alpha value is -1.49. The van der Waals surface area contributed by atoms with Crippen LogP contribution in [0.2, 0.25) is 0 Å². The number of benzene rings is 1. The van der Waals surface area contributed by atoms with Crippen molar-refractivity contribution in [1.29, 1.82) is 0 Å². The van der Waals surface area contributed by atoms with Crippen LogP contribution in [-0.4, -0.2) is 41.9 Å². The second-order valence-electron chi connectivity index (χ2n) is 4.53. The molecule has 0 atom stereocenters. The fourth-order valence-electron chi connectivity index (χ4n) is 2.12. The minimum absolute atomic E-state index is 0.0856. The second kappa shape index (κ2) is 5.44. The molecule has 0 spiro atoms. The van der Waals surface area contributed by atoms with Gasteiger partial charge in [0.25, 0.3) is 0 Å². The molecule has 1 aliphatic heterocycles. The van der Waals surface area contributed by atoms with E-state index in [1.54, 1.807) is 17.9 Å². The molecule has 0 aliphatic carbocycles. The van der Waals surface area contributed by atoms with Crippen LogP contribution in [-0.2, 0) is 11.3 Å². The van der Waals surface area contributed by atoms with Crippen LogP contribution < -0.4 is 0 Å². The lowest BCUT2D eigenvalue weighted by Crippen LogP contribution is -2.47. The Labute approximate surface area is 105 Å². The van der Waals surface area contributed by atoms with Crippen LogP contribution in [0.4, 0.5) is 8.78 Å². The van der Waals surface area contributed by atoms with E-state index >= 15 is 0 Å². The van der Waals surface area contributed by atoms with E-state index in [9.17, 15) is 13.6 Å². The van der Waals surface area contributed by atoms with E-state index in [-0.39, 0.29) is 5.91 Å². The van der Waals surface area contributed by atoms with Gasteiger partial charge in [0.15, 0.2) is 11.6 Å². The first kappa shape index (κ1) is 13.0. The van der Waals surface area contributed by atoms with Crippen LogP contribution in [0.15, 0.2) is 18.2 Å². The maximum absolute atomic E-state index is 13.1. The van der Waals surface area contributed by atoms with E-state index in [1.807, 2.05) is 0 Å². The molecule has 2 rings (SSSR count). The van der Waals surface area contributed by atoms with Crippen molar-refractivity contribution in [2.75, 3.05) is 26.2 Å². The highest BCUT2D eigenvalue weighted by atomic mass is 19.2. The predicted octanol–water partition coefficient (Wildman–Crippen LogP) is 1.63. The minimum Gasteiger partial charge on any atom is -0.340 e. The Morgan fingerprint density at radius 3 is 2.39 bits per heavy atom.